The number of hydrogen-bond donors (Lipinski definition) is 1. The summed E-state index contributed by atoms with van der Waals surface area (Å²) in [7, 11) is 0. The molecule has 0 saturated carbocycles. The summed E-state index contributed by atoms with van der Waals surface area (Å²) >= 11 is 5.51. The van der Waals surface area contributed by atoms with Crippen molar-refractivity contribution in [3.05, 3.63) is 35.4 Å². The molecule has 1 unspecified atom stereocenters. The van der Waals surface area contributed by atoms with E-state index < -0.39 is 0 Å². The molecule has 0 aliphatic heterocycles. The summed E-state index contributed by atoms with van der Waals surface area (Å²) in [5.41, 5.74) is 8.58. The van der Waals surface area contributed by atoms with Gasteiger partial charge in [0.15, 0.2) is 0 Å². The van der Waals surface area contributed by atoms with E-state index in [-0.39, 0.29) is 6.04 Å². The van der Waals surface area contributed by atoms with Crippen molar-refractivity contribution in [3.63, 3.8) is 0 Å². The van der Waals surface area contributed by atoms with Gasteiger partial charge in [-0.05, 0) is 37.0 Å². The van der Waals surface area contributed by atoms with Crippen molar-refractivity contribution in [2.45, 2.75) is 39.2 Å². The number of rotatable bonds is 9. The van der Waals surface area contributed by atoms with E-state index in [1.54, 1.807) is 6.08 Å². The minimum absolute atomic E-state index is 0.142. The number of nitrogens with two attached hydrogens (primary N) is 1. The summed E-state index contributed by atoms with van der Waals surface area (Å²) in [4.78, 5) is 0. The second-order valence-corrected chi connectivity index (χ2v) is 4.92. The van der Waals surface area contributed by atoms with Gasteiger partial charge in [0.05, 0.1) is 6.61 Å². The van der Waals surface area contributed by atoms with E-state index in [2.05, 4.69) is 13.8 Å². The molecule has 0 bridgehead atoms. The average Bonchev–Trinajstić information content (AvgIpc) is 2.47. The Labute approximate surface area is 126 Å². The van der Waals surface area contributed by atoms with Crippen molar-refractivity contribution in [2.24, 2.45) is 5.73 Å². The summed E-state index contributed by atoms with van der Waals surface area (Å²) < 4.78 is 11.4. The number of benzene rings is 1. The minimum atomic E-state index is 0.142. The van der Waals surface area contributed by atoms with Crippen molar-refractivity contribution in [3.8, 4) is 11.5 Å². The summed E-state index contributed by atoms with van der Waals surface area (Å²) in [6.07, 6.45) is 4.47. The Kier molecular flexibility index (Phi) is 8.16. The van der Waals surface area contributed by atoms with Gasteiger partial charge in [0, 0.05) is 17.6 Å². The fourth-order valence-corrected chi connectivity index (χ4v) is 1.82. The zero-order valence-electron chi connectivity index (χ0n) is 12.3. The SMILES string of the molecule is CCCOc1ccc(CC(N)CC)c(OC/C=C/Cl)c1. The molecule has 3 nitrogen and oxygen atoms in total. The number of hydrogen-bond acceptors (Lipinski definition) is 3. The first-order valence-corrected chi connectivity index (χ1v) is 7.54. The normalized spacial score (nSPS) is 12.6. The lowest BCUT2D eigenvalue weighted by Gasteiger charge is -2.15. The van der Waals surface area contributed by atoms with E-state index >= 15 is 0 Å². The maximum atomic E-state index is 6.03. The Morgan fingerprint density at radius 1 is 1.30 bits per heavy atom. The van der Waals surface area contributed by atoms with Crippen molar-refractivity contribution in [2.75, 3.05) is 13.2 Å². The van der Waals surface area contributed by atoms with Crippen LogP contribution in [0.15, 0.2) is 29.8 Å². The van der Waals surface area contributed by atoms with Crippen molar-refractivity contribution < 1.29 is 9.47 Å². The molecular weight excluding hydrogens is 274 g/mol. The zero-order valence-corrected chi connectivity index (χ0v) is 13.0. The molecule has 0 aliphatic rings. The van der Waals surface area contributed by atoms with Gasteiger partial charge in [-0.1, -0.05) is 31.5 Å². The van der Waals surface area contributed by atoms with Gasteiger partial charge in [0.2, 0.25) is 0 Å². The minimum Gasteiger partial charge on any atom is -0.493 e. The predicted octanol–water partition coefficient (Wildman–Crippen LogP) is 3.89. The maximum Gasteiger partial charge on any atom is 0.126 e. The molecule has 0 aliphatic carbocycles. The van der Waals surface area contributed by atoms with E-state index in [1.807, 2.05) is 18.2 Å². The lowest BCUT2D eigenvalue weighted by Crippen LogP contribution is -2.21. The van der Waals surface area contributed by atoms with Crippen LogP contribution in [-0.4, -0.2) is 19.3 Å². The molecular formula is C16H24ClNO2. The zero-order chi connectivity index (χ0) is 14.8. The van der Waals surface area contributed by atoms with Crippen LogP contribution >= 0.6 is 11.6 Å². The van der Waals surface area contributed by atoms with E-state index in [0.717, 1.165) is 36.3 Å². The van der Waals surface area contributed by atoms with Crippen molar-refractivity contribution in [1.82, 2.24) is 0 Å². The average molecular weight is 298 g/mol. The van der Waals surface area contributed by atoms with Gasteiger partial charge in [-0.2, -0.15) is 0 Å². The first-order valence-electron chi connectivity index (χ1n) is 7.10. The monoisotopic (exact) mass is 297 g/mol. The second-order valence-electron chi connectivity index (χ2n) is 4.66. The molecule has 0 heterocycles. The van der Waals surface area contributed by atoms with Crippen LogP contribution in [0.5, 0.6) is 11.5 Å². The highest BCUT2D eigenvalue weighted by Crippen LogP contribution is 2.26. The molecule has 0 aromatic heterocycles. The molecule has 0 amide bonds. The van der Waals surface area contributed by atoms with Crippen LogP contribution in [0.1, 0.15) is 32.3 Å². The quantitative estimate of drug-likeness (QED) is 0.752. The second kappa shape index (κ2) is 9.67. The molecule has 0 spiro atoms. The molecule has 2 N–H and O–H groups in total. The molecule has 1 aromatic rings. The fourth-order valence-electron chi connectivity index (χ4n) is 1.75. The third-order valence-electron chi connectivity index (χ3n) is 2.94. The van der Waals surface area contributed by atoms with E-state index in [1.165, 1.54) is 5.54 Å². The summed E-state index contributed by atoms with van der Waals surface area (Å²) in [6, 6.07) is 6.07. The van der Waals surface area contributed by atoms with Crippen LogP contribution in [0.3, 0.4) is 0 Å². The molecule has 1 aromatic carbocycles. The molecule has 20 heavy (non-hydrogen) atoms. The lowest BCUT2D eigenvalue weighted by atomic mass is 10.0. The van der Waals surface area contributed by atoms with Gasteiger partial charge < -0.3 is 15.2 Å². The first kappa shape index (κ1) is 16.9. The van der Waals surface area contributed by atoms with Crippen LogP contribution in [0.25, 0.3) is 0 Å². The Hall–Kier alpha value is -1.19. The Morgan fingerprint density at radius 2 is 2.10 bits per heavy atom. The molecule has 1 rings (SSSR count). The van der Waals surface area contributed by atoms with Crippen LogP contribution < -0.4 is 15.2 Å². The van der Waals surface area contributed by atoms with Crippen LogP contribution in [0.2, 0.25) is 0 Å². The van der Waals surface area contributed by atoms with E-state index in [9.17, 15) is 0 Å². The smallest absolute Gasteiger partial charge is 0.126 e. The van der Waals surface area contributed by atoms with Crippen molar-refractivity contribution >= 4 is 11.6 Å². The molecule has 0 radical (unpaired) electrons. The predicted molar refractivity (Wildman–Crippen MR) is 84.7 cm³/mol. The molecule has 1 atom stereocenters. The molecule has 0 fully saturated rings. The van der Waals surface area contributed by atoms with Crippen molar-refractivity contribution in [1.29, 1.82) is 0 Å². The molecule has 4 heteroatoms. The number of ether oxygens (including phenoxy) is 2. The highest BCUT2D eigenvalue weighted by Gasteiger charge is 2.09. The largest absolute Gasteiger partial charge is 0.493 e. The van der Waals surface area contributed by atoms with Gasteiger partial charge in [-0.15, -0.1) is 0 Å². The van der Waals surface area contributed by atoms with Gasteiger partial charge >= 0.3 is 0 Å². The highest BCUT2D eigenvalue weighted by atomic mass is 35.5. The van der Waals surface area contributed by atoms with Crippen LogP contribution in [0.4, 0.5) is 0 Å². The fraction of sp³-hybridized carbons (Fsp3) is 0.500. The number of halogens is 1. The molecule has 112 valence electrons. The molecule has 0 saturated heterocycles. The Bertz CT molecular complexity index is 421. The maximum absolute atomic E-state index is 6.03. The summed E-state index contributed by atoms with van der Waals surface area (Å²) in [5.74, 6) is 1.64. The van der Waals surface area contributed by atoms with E-state index in [4.69, 9.17) is 26.8 Å². The third-order valence-corrected chi connectivity index (χ3v) is 3.12. The van der Waals surface area contributed by atoms with Crippen LogP contribution in [0, 0.1) is 0 Å². The van der Waals surface area contributed by atoms with Crippen LogP contribution in [-0.2, 0) is 6.42 Å². The Balaban J connectivity index is 2.84. The Morgan fingerprint density at radius 3 is 2.75 bits per heavy atom. The van der Waals surface area contributed by atoms with Gasteiger partial charge in [-0.25, -0.2) is 0 Å². The van der Waals surface area contributed by atoms with Gasteiger partial charge in [0.25, 0.3) is 0 Å². The highest BCUT2D eigenvalue weighted by molar-refractivity contribution is 6.25. The summed E-state index contributed by atoms with van der Waals surface area (Å²) in [5, 5.41) is 0. The van der Waals surface area contributed by atoms with Gasteiger partial charge in [-0.3, -0.25) is 0 Å². The topological polar surface area (TPSA) is 44.5 Å². The standard InChI is InChI=1S/C16H24ClNO2/c1-3-9-19-15-7-6-13(11-14(18)4-2)16(12-15)20-10-5-8-17/h5-8,12,14H,3-4,9-11,18H2,1-2H3/b8-5+. The third kappa shape index (κ3) is 5.85. The summed E-state index contributed by atoms with van der Waals surface area (Å²) in [6.45, 7) is 5.31. The lowest BCUT2D eigenvalue weighted by molar-refractivity contribution is 0.311. The van der Waals surface area contributed by atoms with Gasteiger partial charge in [0.1, 0.15) is 18.1 Å². The first-order chi connectivity index (χ1) is 9.71. The van der Waals surface area contributed by atoms with E-state index in [0.29, 0.717) is 13.2 Å².